The van der Waals surface area contributed by atoms with Crippen molar-refractivity contribution in [1.82, 2.24) is 0 Å². The van der Waals surface area contributed by atoms with Gasteiger partial charge in [-0.2, -0.15) is 8.42 Å². The number of hydrogen-bond donors (Lipinski definition) is 0. The van der Waals surface area contributed by atoms with Crippen LogP contribution in [0.25, 0.3) is 0 Å². The molecule has 0 radical (unpaired) electrons. The highest BCUT2D eigenvalue weighted by Gasteiger charge is 2.15. The third-order valence-corrected chi connectivity index (χ3v) is 3.94. The van der Waals surface area contributed by atoms with E-state index in [4.69, 9.17) is 11.6 Å². The molecule has 0 aromatic heterocycles. The number of rotatable bonds is 4. The van der Waals surface area contributed by atoms with E-state index in [9.17, 15) is 8.42 Å². The van der Waals surface area contributed by atoms with Crippen molar-refractivity contribution in [3.63, 3.8) is 0 Å². The second-order valence-electron chi connectivity index (χ2n) is 4.03. The molecule has 0 spiro atoms. The van der Waals surface area contributed by atoms with Crippen LogP contribution in [0.5, 0.6) is 0 Å². The maximum atomic E-state index is 11.9. The lowest BCUT2D eigenvalue weighted by atomic mass is 10.1. The molecular formula is C14H12ClNO3S. The van der Waals surface area contributed by atoms with Gasteiger partial charge in [-0.25, -0.2) is 0 Å². The van der Waals surface area contributed by atoms with E-state index in [1.165, 1.54) is 24.3 Å². The van der Waals surface area contributed by atoms with Crippen LogP contribution in [-0.4, -0.2) is 14.1 Å². The number of nitrogens with zero attached hydrogens (tertiary/aromatic N) is 1. The molecule has 2 aromatic carbocycles. The van der Waals surface area contributed by atoms with Crippen LogP contribution in [0.1, 0.15) is 12.5 Å². The predicted molar refractivity (Wildman–Crippen MR) is 78.4 cm³/mol. The SMILES string of the molecule is C/C(=N\OS(=O)(=O)c1ccc(Cl)cc1)c1ccccc1. The van der Waals surface area contributed by atoms with Gasteiger partial charge in [0, 0.05) is 5.02 Å². The zero-order chi connectivity index (χ0) is 14.6. The molecular weight excluding hydrogens is 298 g/mol. The van der Waals surface area contributed by atoms with E-state index >= 15 is 0 Å². The fourth-order valence-corrected chi connectivity index (χ4v) is 2.37. The number of oxime groups is 1. The van der Waals surface area contributed by atoms with Crippen molar-refractivity contribution in [3.05, 3.63) is 65.2 Å². The molecule has 0 fully saturated rings. The lowest BCUT2D eigenvalue weighted by Crippen LogP contribution is -2.05. The highest BCUT2D eigenvalue weighted by atomic mass is 35.5. The number of benzene rings is 2. The fourth-order valence-electron chi connectivity index (χ4n) is 1.48. The molecule has 4 nitrogen and oxygen atoms in total. The van der Waals surface area contributed by atoms with Crippen molar-refractivity contribution >= 4 is 27.4 Å². The van der Waals surface area contributed by atoms with Crippen LogP contribution in [0.2, 0.25) is 5.02 Å². The molecule has 0 aliphatic heterocycles. The summed E-state index contributed by atoms with van der Waals surface area (Å²) < 4.78 is 28.5. The Morgan fingerprint density at radius 3 is 2.25 bits per heavy atom. The van der Waals surface area contributed by atoms with E-state index < -0.39 is 10.1 Å². The van der Waals surface area contributed by atoms with Crippen LogP contribution in [0.15, 0.2) is 64.6 Å². The maximum Gasteiger partial charge on any atom is 0.358 e. The summed E-state index contributed by atoms with van der Waals surface area (Å²) in [4.78, 5) is 0.00603. The average molecular weight is 310 g/mol. The first-order valence-electron chi connectivity index (χ1n) is 5.78. The van der Waals surface area contributed by atoms with E-state index in [0.717, 1.165) is 5.56 Å². The van der Waals surface area contributed by atoms with Crippen molar-refractivity contribution in [3.8, 4) is 0 Å². The molecule has 0 aliphatic carbocycles. The summed E-state index contributed by atoms with van der Waals surface area (Å²) in [5.41, 5.74) is 1.27. The largest absolute Gasteiger partial charge is 0.358 e. The van der Waals surface area contributed by atoms with Gasteiger partial charge >= 0.3 is 10.1 Å². The van der Waals surface area contributed by atoms with Crippen molar-refractivity contribution in [2.24, 2.45) is 5.16 Å². The quantitative estimate of drug-likeness (QED) is 0.642. The van der Waals surface area contributed by atoms with Crippen LogP contribution in [0.3, 0.4) is 0 Å². The highest BCUT2D eigenvalue weighted by Crippen LogP contribution is 2.16. The molecule has 0 heterocycles. The summed E-state index contributed by atoms with van der Waals surface area (Å²) in [5, 5.41) is 4.11. The Morgan fingerprint density at radius 1 is 1.05 bits per heavy atom. The Bertz CT molecular complexity index is 710. The van der Waals surface area contributed by atoms with Gasteiger partial charge < -0.3 is 0 Å². The summed E-state index contributed by atoms with van der Waals surface area (Å²) >= 11 is 5.71. The molecule has 0 unspecified atom stereocenters. The zero-order valence-electron chi connectivity index (χ0n) is 10.7. The highest BCUT2D eigenvalue weighted by molar-refractivity contribution is 7.86. The van der Waals surface area contributed by atoms with Gasteiger partial charge in [-0.1, -0.05) is 47.1 Å². The fraction of sp³-hybridized carbons (Fsp3) is 0.0714. The smallest absolute Gasteiger partial charge is 0.265 e. The molecule has 2 rings (SSSR count). The molecule has 104 valence electrons. The van der Waals surface area contributed by atoms with Crippen molar-refractivity contribution in [2.45, 2.75) is 11.8 Å². The van der Waals surface area contributed by atoms with Crippen LogP contribution in [-0.2, 0) is 14.4 Å². The first kappa shape index (κ1) is 14.6. The normalized spacial score (nSPS) is 12.2. The van der Waals surface area contributed by atoms with E-state index in [1.54, 1.807) is 6.92 Å². The second kappa shape index (κ2) is 6.07. The van der Waals surface area contributed by atoms with E-state index in [-0.39, 0.29) is 4.90 Å². The standard InChI is InChI=1S/C14H12ClNO3S/c1-11(12-5-3-2-4-6-12)16-19-20(17,18)14-9-7-13(15)8-10-14/h2-10H,1H3/b16-11+. The van der Waals surface area contributed by atoms with Gasteiger partial charge in [-0.3, -0.25) is 4.28 Å². The van der Waals surface area contributed by atoms with Crippen molar-refractivity contribution < 1.29 is 12.7 Å². The van der Waals surface area contributed by atoms with Crippen LogP contribution in [0.4, 0.5) is 0 Å². The summed E-state index contributed by atoms with van der Waals surface area (Å²) in [7, 11) is -3.93. The Hall–Kier alpha value is -1.85. The van der Waals surface area contributed by atoms with Crippen molar-refractivity contribution in [1.29, 1.82) is 0 Å². The Morgan fingerprint density at radius 2 is 1.65 bits per heavy atom. The average Bonchev–Trinajstić information content (AvgIpc) is 2.46. The molecule has 0 bridgehead atoms. The van der Waals surface area contributed by atoms with Gasteiger partial charge in [0.15, 0.2) is 0 Å². The topological polar surface area (TPSA) is 55.7 Å². The monoisotopic (exact) mass is 309 g/mol. The van der Waals surface area contributed by atoms with Gasteiger partial charge in [0.2, 0.25) is 0 Å². The number of halogens is 1. The lowest BCUT2D eigenvalue weighted by Gasteiger charge is -2.03. The summed E-state index contributed by atoms with van der Waals surface area (Å²) in [6.07, 6.45) is 0. The molecule has 20 heavy (non-hydrogen) atoms. The first-order valence-corrected chi connectivity index (χ1v) is 7.57. The van der Waals surface area contributed by atoms with Gasteiger partial charge in [0.05, 0.1) is 5.71 Å². The summed E-state index contributed by atoms with van der Waals surface area (Å²) in [6, 6.07) is 14.9. The molecule has 0 aliphatic rings. The van der Waals surface area contributed by atoms with Gasteiger partial charge in [-0.15, -0.1) is 0 Å². The van der Waals surface area contributed by atoms with Gasteiger partial charge in [0.1, 0.15) is 4.90 Å². The Labute approximate surface area is 122 Å². The minimum atomic E-state index is -3.93. The summed E-state index contributed by atoms with van der Waals surface area (Å²) in [6.45, 7) is 1.67. The predicted octanol–water partition coefficient (Wildman–Crippen LogP) is 3.47. The molecule has 2 aromatic rings. The Kier molecular flexibility index (Phi) is 4.42. The minimum Gasteiger partial charge on any atom is -0.265 e. The molecule has 0 N–H and O–H groups in total. The van der Waals surface area contributed by atoms with E-state index in [1.807, 2.05) is 30.3 Å². The van der Waals surface area contributed by atoms with Crippen molar-refractivity contribution in [2.75, 3.05) is 0 Å². The lowest BCUT2D eigenvalue weighted by molar-refractivity contribution is 0.339. The maximum absolute atomic E-state index is 11.9. The molecule has 0 amide bonds. The van der Waals surface area contributed by atoms with Gasteiger partial charge in [-0.05, 0) is 36.8 Å². The first-order chi connectivity index (χ1) is 9.49. The minimum absolute atomic E-state index is 0.00603. The molecule has 0 saturated heterocycles. The third-order valence-electron chi connectivity index (χ3n) is 2.57. The van der Waals surface area contributed by atoms with E-state index in [0.29, 0.717) is 10.7 Å². The third kappa shape index (κ3) is 3.59. The molecule has 6 heteroatoms. The van der Waals surface area contributed by atoms with Crippen LogP contribution in [0, 0.1) is 0 Å². The molecule has 0 atom stereocenters. The van der Waals surface area contributed by atoms with Gasteiger partial charge in [0.25, 0.3) is 0 Å². The molecule has 0 saturated carbocycles. The van der Waals surface area contributed by atoms with Crippen LogP contribution >= 0.6 is 11.6 Å². The number of hydrogen-bond acceptors (Lipinski definition) is 4. The second-order valence-corrected chi connectivity index (χ2v) is 5.99. The zero-order valence-corrected chi connectivity index (χ0v) is 12.2. The van der Waals surface area contributed by atoms with E-state index in [2.05, 4.69) is 9.44 Å². The Balaban J connectivity index is 2.19. The summed E-state index contributed by atoms with van der Waals surface area (Å²) in [5.74, 6) is 0. The van der Waals surface area contributed by atoms with Crippen LogP contribution < -0.4 is 0 Å².